The molecule has 2 N–H and O–H groups in total. The van der Waals surface area contributed by atoms with Gasteiger partial charge in [0.15, 0.2) is 0 Å². The van der Waals surface area contributed by atoms with Crippen LogP contribution in [0.5, 0.6) is 0 Å². The Labute approximate surface area is 86.0 Å². The smallest absolute Gasteiger partial charge is 0.246 e. The molecule has 1 saturated carbocycles. The van der Waals surface area contributed by atoms with Gasteiger partial charge in [0, 0.05) is 13.1 Å². The molecule has 80 valence electrons. The van der Waals surface area contributed by atoms with Crippen LogP contribution in [0.2, 0.25) is 0 Å². The first-order valence-electron chi connectivity index (χ1n) is 5.30. The van der Waals surface area contributed by atoms with Gasteiger partial charge in [-0.1, -0.05) is 12.5 Å². The van der Waals surface area contributed by atoms with Gasteiger partial charge in [-0.05, 0) is 38.3 Å². The van der Waals surface area contributed by atoms with Crippen molar-refractivity contribution in [1.29, 1.82) is 0 Å². The largest absolute Gasteiger partial charge is 0.339 e. The summed E-state index contributed by atoms with van der Waals surface area (Å²) in [6, 6.07) is 0.351. The van der Waals surface area contributed by atoms with Crippen LogP contribution >= 0.6 is 0 Å². The van der Waals surface area contributed by atoms with E-state index in [1.165, 1.54) is 6.42 Å². The lowest BCUT2D eigenvalue weighted by atomic mass is 10.0. The average Bonchev–Trinajstić information content (AvgIpc) is 2.64. The first-order chi connectivity index (χ1) is 6.70. The SMILES string of the molecule is CC=CC(=O)N(C)C1CCCC1CN. The molecular weight excluding hydrogens is 176 g/mol. The van der Waals surface area contributed by atoms with Gasteiger partial charge in [-0.3, -0.25) is 4.79 Å². The lowest BCUT2D eigenvalue weighted by Crippen LogP contribution is -2.40. The molecule has 0 spiro atoms. The molecular formula is C11H20N2O. The molecule has 0 aliphatic heterocycles. The van der Waals surface area contributed by atoms with Crippen molar-refractivity contribution < 1.29 is 4.79 Å². The second-order valence-corrected chi connectivity index (χ2v) is 3.94. The Balaban J connectivity index is 2.58. The van der Waals surface area contributed by atoms with Crippen LogP contribution in [0.1, 0.15) is 26.2 Å². The average molecular weight is 196 g/mol. The molecule has 0 aromatic rings. The molecule has 3 heteroatoms. The fourth-order valence-electron chi connectivity index (χ4n) is 2.23. The van der Waals surface area contributed by atoms with Crippen molar-refractivity contribution in [3.8, 4) is 0 Å². The number of hydrogen-bond donors (Lipinski definition) is 1. The number of carbonyl (C=O) groups excluding carboxylic acids is 1. The minimum Gasteiger partial charge on any atom is -0.339 e. The van der Waals surface area contributed by atoms with Crippen LogP contribution in [0.4, 0.5) is 0 Å². The molecule has 1 aliphatic carbocycles. The monoisotopic (exact) mass is 196 g/mol. The molecule has 0 aromatic heterocycles. The molecule has 2 unspecified atom stereocenters. The van der Waals surface area contributed by atoms with Gasteiger partial charge in [0.25, 0.3) is 0 Å². The first kappa shape index (κ1) is 11.2. The molecule has 14 heavy (non-hydrogen) atoms. The number of amides is 1. The summed E-state index contributed by atoms with van der Waals surface area (Å²) < 4.78 is 0. The number of carbonyl (C=O) groups is 1. The van der Waals surface area contributed by atoms with Crippen molar-refractivity contribution in [3.63, 3.8) is 0 Å². The van der Waals surface area contributed by atoms with E-state index in [1.807, 2.05) is 18.9 Å². The highest BCUT2D eigenvalue weighted by Gasteiger charge is 2.30. The number of rotatable bonds is 3. The van der Waals surface area contributed by atoms with E-state index in [0.717, 1.165) is 12.8 Å². The molecule has 0 radical (unpaired) electrons. The molecule has 1 aliphatic rings. The van der Waals surface area contributed by atoms with E-state index in [1.54, 1.807) is 12.2 Å². The molecule has 1 amide bonds. The van der Waals surface area contributed by atoms with E-state index >= 15 is 0 Å². The van der Waals surface area contributed by atoms with Crippen LogP contribution in [0.15, 0.2) is 12.2 Å². The highest BCUT2D eigenvalue weighted by molar-refractivity contribution is 5.87. The molecule has 1 rings (SSSR count). The number of nitrogens with two attached hydrogens (primary N) is 1. The Morgan fingerprint density at radius 2 is 2.29 bits per heavy atom. The Morgan fingerprint density at radius 1 is 1.57 bits per heavy atom. The van der Waals surface area contributed by atoms with E-state index < -0.39 is 0 Å². The number of likely N-dealkylation sites (N-methyl/N-ethyl adjacent to an activating group) is 1. The Morgan fingerprint density at radius 3 is 2.86 bits per heavy atom. The normalized spacial score (nSPS) is 27.1. The summed E-state index contributed by atoms with van der Waals surface area (Å²) in [6.07, 6.45) is 6.85. The predicted octanol–water partition coefficient (Wildman–Crippen LogP) is 1.15. The highest BCUT2D eigenvalue weighted by Crippen LogP contribution is 2.28. The third-order valence-corrected chi connectivity index (χ3v) is 3.08. The van der Waals surface area contributed by atoms with Crippen molar-refractivity contribution in [2.45, 2.75) is 32.2 Å². The second-order valence-electron chi connectivity index (χ2n) is 3.94. The Hall–Kier alpha value is -0.830. The van der Waals surface area contributed by atoms with Gasteiger partial charge in [-0.2, -0.15) is 0 Å². The summed E-state index contributed by atoms with van der Waals surface area (Å²) in [5, 5.41) is 0. The van der Waals surface area contributed by atoms with E-state index in [4.69, 9.17) is 5.73 Å². The minimum absolute atomic E-state index is 0.0952. The predicted molar refractivity (Wildman–Crippen MR) is 57.8 cm³/mol. The van der Waals surface area contributed by atoms with Gasteiger partial charge >= 0.3 is 0 Å². The van der Waals surface area contributed by atoms with Crippen molar-refractivity contribution >= 4 is 5.91 Å². The van der Waals surface area contributed by atoms with Crippen LogP contribution < -0.4 is 5.73 Å². The molecule has 0 heterocycles. The minimum atomic E-state index is 0.0952. The van der Waals surface area contributed by atoms with Gasteiger partial charge in [0.1, 0.15) is 0 Å². The number of hydrogen-bond acceptors (Lipinski definition) is 2. The molecule has 0 bridgehead atoms. The van der Waals surface area contributed by atoms with Crippen LogP contribution in [0.25, 0.3) is 0 Å². The molecule has 0 saturated heterocycles. The van der Waals surface area contributed by atoms with Crippen molar-refractivity contribution in [1.82, 2.24) is 4.90 Å². The Bertz CT molecular complexity index is 225. The van der Waals surface area contributed by atoms with Gasteiger partial charge in [-0.15, -0.1) is 0 Å². The van der Waals surface area contributed by atoms with Crippen molar-refractivity contribution in [3.05, 3.63) is 12.2 Å². The second kappa shape index (κ2) is 5.15. The highest BCUT2D eigenvalue weighted by atomic mass is 16.2. The third kappa shape index (κ3) is 2.35. The maximum absolute atomic E-state index is 11.6. The molecule has 2 atom stereocenters. The van der Waals surface area contributed by atoms with Gasteiger partial charge in [0.2, 0.25) is 5.91 Å². The zero-order valence-corrected chi connectivity index (χ0v) is 9.07. The zero-order chi connectivity index (χ0) is 10.6. The lowest BCUT2D eigenvalue weighted by molar-refractivity contribution is -0.127. The summed E-state index contributed by atoms with van der Waals surface area (Å²) >= 11 is 0. The molecule has 1 fully saturated rings. The Kier molecular flexibility index (Phi) is 4.14. The number of nitrogens with zero attached hydrogens (tertiary/aromatic N) is 1. The van der Waals surface area contributed by atoms with E-state index in [9.17, 15) is 4.79 Å². The van der Waals surface area contributed by atoms with Gasteiger partial charge < -0.3 is 10.6 Å². The van der Waals surface area contributed by atoms with Crippen molar-refractivity contribution in [2.24, 2.45) is 11.7 Å². The fraction of sp³-hybridized carbons (Fsp3) is 0.727. The zero-order valence-electron chi connectivity index (χ0n) is 9.07. The van der Waals surface area contributed by atoms with Crippen molar-refractivity contribution in [2.75, 3.05) is 13.6 Å². The third-order valence-electron chi connectivity index (χ3n) is 3.08. The molecule has 0 aromatic carbocycles. The topological polar surface area (TPSA) is 46.3 Å². The summed E-state index contributed by atoms with van der Waals surface area (Å²) in [7, 11) is 1.88. The standard InChI is InChI=1S/C11H20N2O/c1-3-5-11(14)13(2)10-7-4-6-9(10)8-12/h3,5,9-10H,4,6-8,12H2,1-2H3. The van der Waals surface area contributed by atoms with Gasteiger partial charge in [0.05, 0.1) is 0 Å². The molecule has 3 nitrogen and oxygen atoms in total. The summed E-state index contributed by atoms with van der Waals surface area (Å²) in [4.78, 5) is 13.4. The van der Waals surface area contributed by atoms with E-state index in [-0.39, 0.29) is 5.91 Å². The van der Waals surface area contributed by atoms with Crippen LogP contribution in [-0.2, 0) is 4.79 Å². The van der Waals surface area contributed by atoms with Crippen LogP contribution in [-0.4, -0.2) is 30.4 Å². The first-order valence-corrected chi connectivity index (χ1v) is 5.30. The quantitative estimate of drug-likeness (QED) is 0.688. The maximum Gasteiger partial charge on any atom is 0.246 e. The van der Waals surface area contributed by atoms with E-state index in [0.29, 0.717) is 18.5 Å². The number of allylic oxidation sites excluding steroid dienone is 1. The lowest BCUT2D eigenvalue weighted by Gasteiger charge is -2.28. The maximum atomic E-state index is 11.6. The summed E-state index contributed by atoms with van der Waals surface area (Å²) in [5.74, 6) is 0.590. The summed E-state index contributed by atoms with van der Waals surface area (Å²) in [5.41, 5.74) is 5.68. The summed E-state index contributed by atoms with van der Waals surface area (Å²) in [6.45, 7) is 2.55. The fourth-order valence-corrected chi connectivity index (χ4v) is 2.23. The van der Waals surface area contributed by atoms with E-state index in [2.05, 4.69) is 0 Å². The van der Waals surface area contributed by atoms with Gasteiger partial charge in [-0.25, -0.2) is 0 Å². The van der Waals surface area contributed by atoms with Crippen LogP contribution in [0, 0.1) is 5.92 Å². The van der Waals surface area contributed by atoms with Crippen LogP contribution in [0.3, 0.4) is 0 Å².